The highest BCUT2D eigenvalue weighted by Crippen LogP contribution is 2.32. The Kier molecular flexibility index (Phi) is 5.82. The summed E-state index contributed by atoms with van der Waals surface area (Å²) in [6.45, 7) is 2.07. The zero-order chi connectivity index (χ0) is 24.6. The molecular formula is C26H23N3O4S2. The van der Waals surface area contributed by atoms with Crippen LogP contribution in [-0.4, -0.2) is 38.9 Å². The van der Waals surface area contributed by atoms with Gasteiger partial charge < -0.3 is 4.98 Å². The second kappa shape index (κ2) is 8.83. The summed E-state index contributed by atoms with van der Waals surface area (Å²) < 4.78 is 57.7. The van der Waals surface area contributed by atoms with E-state index in [4.69, 9.17) is 0 Å². The Morgan fingerprint density at radius 1 is 0.857 bits per heavy atom. The van der Waals surface area contributed by atoms with Gasteiger partial charge in [0, 0.05) is 29.2 Å². The summed E-state index contributed by atoms with van der Waals surface area (Å²) in [4.78, 5) is 3.56. The monoisotopic (exact) mass is 505 g/mol. The van der Waals surface area contributed by atoms with E-state index in [1.807, 2.05) is 31.2 Å². The lowest BCUT2D eigenvalue weighted by Gasteiger charge is -2.19. The Bertz CT molecular complexity index is 1670. The molecule has 7 nitrogen and oxygen atoms in total. The molecule has 1 aromatic heterocycles. The number of nitrogens with zero attached hydrogens (tertiary/aromatic N) is 2. The fraction of sp³-hybridized carbons (Fsp3) is 0.115. The fourth-order valence-electron chi connectivity index (χ4n) is 4.12. The van der Waals surface area contributed by atoms with Gasteiger partial charge in [0.05, 0.1) is 21.7 Å². The van der Waals surface area contributed by atoms with Gasteiger partial charge in [0.2, 0.25) is 0 Å². The molecule has 35 heavy (non-hydrogen) atoms. The van der Waals surface area contributed by atoms with Crippen molar-refractivity contribution in [1.29, 1.82) is 0 Å². The van der Waals surface area contributed by atoms with Crippen LogP contribution in [0.25, 0.3) is 16.5 Å². The van der Waals surface area contributed by atoms with E-state index in [2.05, 4.69) is 9.38 Å². The van der Waals surface area contributed by atoms with Crippen molar-refractivity contribution in [3.8, 4) is 0 Å². The van der Waals surface area contributed by atoms with Gasteiger partial charge in [-0.05, 0) is 49.2 Å². The third-order valence-electron chi connectivity index (χ3n) is 5.97. The summed E-state index contributed by atoms with van der Waals surface area (Å²) in [5.41, 5.74) is 3.75. The van der Waals surface area contributed by atoms with Crippen LogP contribution in [0.5, 0.6) is 0 Å². The Morgan fingerprint density at radius 3 is 2.29 bits per heavy atom. The molecule has 178 valence electrons. The molecule has 1 aliphatic heterocycles. The lowest BCUT2D eigenvalue weighted by atomic mass is 10.1. The lowest BCUT2D eigenvalue weighted by Crippen LogP contribution is -2.27. The van der Waals surface area contributed by atoms with E-state index in [1.165, 1.54) is 28.9 Å². The van der Waals surface area contributed by atoms with Crippen LogP contribution in [0, 0.1) is 6.92 Å². The Hall–Kier alpha value is -3.69. The van der Waals surface area contributed by atoms with Crippen molar-refractivity contribution in [3.05, 3.63) is 102 Å². The highest BCUT2D eigenvalue weighted by Gasteiger charge is 2.27. The molecule has 1 aliphatic rings. The summed E-state index contributed by atoms with van der Waals surface area (Å²) in [6, 6.07) is 22.3. The van der Waals surface area contributed by atoms with Gasteiger partial charge in [0.1, 0.15) is 0 Å². The molecule has 5 rings (SSSR count). The normalized spacial score (nSPS) is 14.7. The number of aryl methyl sites for hydroxylation is 1. The predicted octanol–water partition coefficient (Wildman–Crippen LogP) is 4.52. The highest BCUT2D eigenvalue weighted by atomic mass is 32.2. The van der Waals surface area contributed by atoms with Crippen LogP contribution in [0.3, 0.4) is 0 Å². The van der Waals surface area contributed by atoms with Crippen LogP contribution >= 0.6 is 0 Å². The first-order chi connectivity index (χ1) is 16.8. The molecule has 0 fully saturated rings. The largest absolute Gasteiger partial charge is 0.354 e. The smallest absolute Gasteiger partial charge is 0.282 e. The minimum Gasteiger partial charge on any atom is -0.354 e. The molecular weight excluding hydrogens is 482 g/mol. The molecule has 1 N–H and O–H groups in total. The summed E-state index contributed by atoms with van der Waals surface area (Å²) >= 11 is 0. The van der Waals surface area contributed by atoms with Crippen LogP contribution in [0.4, 0.5) is 0 Å². The maximum atomic E-state index is 13.4. The summed E-state index contributed by atoms with van der Waals surface area (Å²) in [5, 5.41) is 0.960. The third kappa shape index (κ3) is 4.40. The molecule has 0 saturated heterocycles. The lowest BCUT2D eigenvalue weighted by molar-refractivity contribution is 0.503. The van der Waals surface area contributed by atoms with Crippen molar-refractivity contribution in [1.82, 2.24) is 9.29 Å². The number of allylic oxidation sites excluding steroid dienone is 1. The minimum absolute atomic E-state index is 0.0687. The van der Waals surface area contributed by atoms with Gasteiger partial charge in [0.25, 0.3) is 20.0 Å². The second-order valence-corrected chi connectivity index (χ2v) is 11.8. The van der Waals surface area contributed by atoms with Crippen molar-refractivity contribution in [2.45, 2.75) is 23.1 Å². The number of aromatic nitrogens is 1. The minimum atomic E-state index is -3.98. The average Bonchev–Trinajstić information content (AvgIpc) is 3.12. The quantitative estimate of drug-likeness (QED) is 0.403. The third-order valence-corrected chi connectivity index (χ3v) is 8.99. The number of benzene rings is 3. The first kappa shape index (κ1) is 23.1. The van der Waals surface area contributed by atoms with E-state index < -0.39 is 20.0 Å². The molecule has 0 saturated carbocycles. The SMILES string of the molecule is Cc1ccc(S(=O)(=O)/N=C/C2=CN(S(=O)(=O)c3ccccc3)CCc3c2[nH]c2ccccc32)cc1. The van der Waals surface area contributed by atoms with Crippen LogP contribution in [0.1, 0.15) is 16.8 Å². The molecule has 2 heterocycles. The van der Waals surface area contributed by atoms with Crippen molar-refractivity contribution in [2.75, 3.05) is 6.54 Å². The van der Waals surface area contributed by atoms with Crippen LogP contribution < -0.4 is 0 Å². The molecule has 4 aromatic rings. The number of hydrogen-bond acceptors (Lipinski definition) is 4. The summed E-state index contributed by atoms with van der Waals surface area (Å²) in [5.74, 6) is 0. The van der Waals surface area contributed by atoms with E-state index in [0.29, 0.717) is 17.7 Å². The van der Waals surface area contributed by atoms with Gasteiger partial charge in [-0.3, -0.25) is 4.31 Å². The number of H-pyrrole nitrogens is 1. The van der Waals surface area contributed by atoms with Crippen molar-refractivity contribution in [3.63, 3.8) is 0 Å². The molecule has 0 amide bonds. The molecule has 0 unspecified atom stereocenters. The molecule has 0 radical (unpaired) electrons. The second-order valence-electron chi connectivity index (χ2n) is 8.31. The molecule has 0 bridgehead atoms. The molecule has 0 aliphatic carbocycles. The Labute approximate surface area is 204 Å². The first-order valence-electron chi connectivity index (χ1n) is 11.0. The van der Waals surface area contributed by atoms with E-state index >= 15 is 0 Å². The van der Waals surface area contributed by atoms with Gasteiger partial charge in [-0.2, -0.15) is 12.8 Å². The summed E-state index contributed by atoms with van der Waals surface area (Å²) in [6.07, 6.45) is 3.13. The zero-order valence-corrected chi connectivity index (χ0v) is 20.6. The molecule has 0 spiro atoms. The number of hydrogen-bond donors (Lipinski definition) is 1. The topological polar surface area (TPSA) is 99.7 Å². The van der Waals surface area contributed by atoms with Gasteiger partial charge in [-0.15, -0.1) is 0 Å². The predicted molar refractivity (Wildman–Crippen MR) is 137 cm³/mol. The number of nitrogens with one attached hydrogen (secondary N) is 1. The van der Waals surface area contributed by atoms with Crippen molar-refractivity contribution >= 4 is 42.7 Å². The highest BCUT2D eigenvalue weighted by molar-refractivity contribution is 7.90. The summed E-state index contributed by atoms with van der Waals surface area (Å²) in [7, 11) is -7.83. The van der Waals surface area contributed by atoms with E-state index in [0.717, 1.165) is 22.0 Å². The van der Waals surface area contributed by atoms with Gasteiger partial charge >= 0.3 is 0 Å². The molecule has 0 atom stereocenters. The molecule has 3 aromatic carbocycles. The van der Waals surface area contributed by atoms with Crippen LogP contribution in [-0.2, 0) is 26.5 Å². The van der Waals surface area contributed by atoms with Crippen LogP contribution in [0.2, 0.25) is 0 Å². The maximum absolute atomic E-state index is 13.4. The van der Waals surface area contributed by atoms with Crippen molar-refractivity contribution < 1.29 is 16.8 Å². The number of rotatable bonds is 5. The van der Waals surface area contributed by atoms with Gasteiger partial charge in [-0.25, -0.2) is 8.42 Å². The zero-order valence-electron chi connectivity index (χ0n) is 18.9. The molecule has 9 heteroatoms. The number of sulfonamides is 2. The Morgan fingerprint density at radius 2 is 1.54 bits per heavy atom. The Balaban J connectivity index is 1.63. The fourth-order valence-corrected chi connectivity index (χ4v) is 6.33. The van der Waals surface area contributed by atoms with E-state index in [1.54, 1.807) is 42.5 Å². The van der Waals surface area contributed by atoms with Crippen LogP contribution in [0.15, 0.2) is 99.3 Å². The average molecular weight is 506 g/mol. The van der Waals surface area contributed by atoms with Crippen molar-refractivity contribution in [2.24, 2.45) is 4.40 Å². The van der Waals surface area contributed by atoms with E-state index in [-0.39, 0.29) is 16.3 Å². The van der Waals surface area contributed by atoms with Gasteiger partial charge in [-0.1, -0.05) is 54.1 Å². The van der Waals surface area contributed by atoms with Gasteiger partial charge in [0.15, 0.2) is 0 Å². The van der Waals surface area contributed by atoms with E-state index in [9.17, 15) is 16.8 Å². The number of fused-ring (bicyclic) bond motifs is 3. The first-order valence-corrected chi connectivity index (χ1v) is 13.9. The maximum Gasteiger partial charge on any atom is 0.282 e. The number of para-hydroxylation sites is 1. The standard InChI is InChI=1S/C26H23N3O4S2/c1-19-11-13-21(14-12-19)34(30,31)27-17-20-18-29(35(32,33)22-7-3-2-4-8-22)16-15-24-23-9-5-6-10-25(23)28-26(20)24/h2-14,17-18,28H,15-16H2,1H3/b27-17+. The number of aromatic amines is 1.